The van der Waals surface area contributed by atoms with E-state index in [1.165, 1.54) is 29.2 Å². The molecule has 1 heterocycles. The van der Waals surface area contributed by atoms with Crippen molar-refractivity contribution < 1.29 is 48.2 Å². The number of aromatic carboxylic acids is 1. The summed E-state index contributed by atoms with van der Waals surface area (Å²) in [5.41, 5.74) is 6.75. The van der Waals surface area contributed by atoms with E-state index in [4.69, 9.17) is 10.5 Å². The number of benzene rings is 3. The molecule has 7 N–H and O–H groups in total. The number of carbonyl (C=O) groups is 8. The van der Waals surface area contributed by atoms with Gasteiger partial charge in [-0.05, 0) is 54.5 Å². The fraction of sp³-hybridized carbons (Fsp3) is 0.409. The van der Waals surface area contributed by atoms with E-state index in [-0.39, 0.29) is 43.0 Å². The van der Waals surface area contributed by atoms with E-state index >= 15 is 0 Å². The van der Waals surface area contributed by atoms with Crippen LogP contribution in [-0.4, -0.2) is 94.5 Å². The van der Waals surface area contributed by atoms with Gasteiger partial charge in [0, 0.05) is 18.5 Å². The SMILES string of the molecule is CCCC(NC(=O)[C@@H]1C[C@@H](OCc2ccccc2)CN1C(=O)C(NC(=O)c1cccc(C(=O)O)c1)C1CCCCC1)C(=O)C(=O)NCC(=O)N[C@@H](C(N)=O)c1ccccc1. The van der Waals surface area contributed by atoms with Crippen LogP contribution in [0.5, 0.6) is 0 Å². The van der Waals surface area contributed by atoms with Gasteiger partial charge in [-0.1, -0.05) is 99.3 Å². The number of nitrogens with one attached hydrogen (secondary N) is 4. The highest BCUT2D eigenvalue weighted by atomic mass is 16.5. The smallest absolute Gasteiger partial charge is 0.335 e. The first-order valence-corrected chi connectivity index (χ1v) is 20.2. The second-order valence-corrected chi connectivity index (χ2v) is 15.1. The Morgan fingerprint density at radius 3 is 2.15 bits per heavy atom. The number of Topliss-reactive ketones (excluding diaryl/α,β-unsaturated/α-hetero) is 1. The molecule has 0 radical (unpaired) electrons. The molecule has 2 unspecified atom stereocenters. The second-order valence-electron chi connectivity index (χ2n) is 15.1. The van der Waals surface area contributed by atoms with E-state index in [0.717, 1.165) is 24.8 Å². The first kappa shape index (κ1) is 44.7. The van der Waals surface area contributed by atoms with E-state index in [9.17, 15) is 43.5 Å². The maximum absolute atomic E-state index is 14.7. The molecule has 0 aromatic heterocycles. The molecule has 1 saturated carbocycles. The first-order chi connectivity index (χ1) is 28.9. The number of nitrogens with two attached hydrogens (primary N) is 1. The van der Waals surface area contributed by atoms with Crippen LogP contribution in [0, 0.1) is 5.92 Å². The van der Waals surface area contributed by atoms with E-state index in [2.05, 4.69) is 21.3 Å². The third-order valence-corrected chi connectivity index (χ3v) is 10.8. The third-order valence-electron chi connectivity index (χ3n) is 10.8. The molecule has 5 atom stereocenters. The summed E-state index contributed by atoms with van der Waals surface area (Å²) < 4.78 is 6.21. The van der Waals surface area contributed by atoms with Crippen molar-refractivity contribution in [1.29, 1.82) is 0 Å². The van der Waals surface area contributed by atoms with E-state index in [1.807, 2.05) is 30.3 Å². The van der Waals surface area contributed by atoms with Gasteiger partial charge in [-0.3, -0.25) is 33.6 Å². The van der Waals surface area contributed by atoms with Gasteiger partial charge in [0.2, 0.25) is 29.4 Å². The Balaban J connectivity index is 1.32. The van der Waals surface area contributed by atoms with Crippen LogP contribution >= 0.6 is 0 Å². The van der Waals surface area contributed by atoms with Crippen molar-refractivity contribution in [3.8, 4) is 0 Å². The summed E-state index contributed by atoms with van der Waals surface area (Å²) in [7, 11) is 0. The monoisotopic (exact) mass is 824 g/mol. The highest BCUT2D eigenvalue weighted by molar-refractivity contribution is 6.38. The molecule has 2 fully saturated rings. The van der Waals surface area contributed by atoms with Crippen LogP contribution in [0.25, 0.3) is 0 Å². The standard InChI is InChI=1S/C44H52N6O10/c1-2-13-33(38(52)42(56)46-24-35(51)48-36(39(45)53)28-16-8-4-9-17-28)47-41(55)34-23-32(60-26-27-14-6-3-7-15-27)25-50(34)43(57)37(29-18-10-5-11-19-29)49-40(54)30-20-12-21-31(22-30)44(58)59/h3-4,6-9,12,14-17,20-22,29,32-34,36-37H,2,5,10-11,13,18-19,23-26H2,1H3,(H2,45,53)(H,46,56)(H,47,55)(H,48,51)(H,49,54)(H,58,59)/t32-,33?,34+,36-,37?/m1/s1. The Labute approximate surface area is 348 Å². The zero-order valence-electron chi connectivity index (χ0n) is 33.5. The minimum Gasteiger partial charge on any atom is -0.478 e. The van der Waals surface area contributed by atoms with Crippen LogP contribution in [0.3, 0.4) is 0 Å². The molecule has 0 bridgehead atoms. The number of hydrogen-bond acceptors (Lipinski definition) is 9. The fourth-order valence-corrected chi connectivity index (χ4v) is 7.65. The van der Waals surface area contributed by atoms with Crippen molar-refractivity contribution >= 4 is 47.2 Å². The van der Waals surface area contributed by atoms with Gasteiger partial charge in [0.15, 0.2) is 0 Å². The molecular formula is C44H52N6O10. The molecule has 1 saturated heterocycles. The highest BCUT2D eigenvalue weighted by Gasteiger charge is 2.45. The van der Waals surface area contributed by atoms with Crippen molar-refractivity contribution in [3.05, 3.63) is 107 Å². The van der Waals surface area contributed by atoms with Gasteiger partial charge in [0.05, 0.1) is 30.9 Å². The number of carboxylic acids is 1. The number of ketones is 1. The summed E-state index contributed by atoms with van der Waals surface area (Å²) in [6.45, 7) is 1.29. The molecule has 16 heteroatoms. The number of likely N-dealkylation sites (tertiary alicyclic amines) is 1. The number of amides is 6. The molecule has 6 amide bonds. The van der Waals surface area contributed by atoms with Gasteiger partial charge < -0.3 is 41.7 Å². The number of ether oxygens (including phenoxy) is 1. The van der Waals surface area contributed by atoms with Crippen molar-refractivity contribution in [2.45, 2.75) is 95.2 Å². The summed E-state index contributed by atoms with van der Waals surface area (Å²) >= 11 is 0. The largest absolute Gasteiger partial charge is 0.478 e. The molecule has 1 aliphatic carbocycles. The zero-order valence-corrected chi connectivity index (χ0v) is 33.5. The Hall–Kier alpha value is -6.42. The third kappa shape index (κ3) is 12.1. The summed E-state index contributed by atoms with van der Waals surface area (Å²) in [4.78, 5) is 107. The summed E-state index contributed by atoms with van der Waals surface area (Å²) in [5.74, 6) is -7.12. The second kappa shape index (κ2) is 21.5. The van der Waals surface area contributed by atoms with E-state index in [1.54, 1.807) is 37.3 Å². The number of nitrogens with zero attached hydrogens (tertiary/aromatic N) is 1. The topological polar surface area (TPSA) is 243 Å². The van der Waals surface area contributed by atoms with E-state index in [0.29, 0.717) is 24.8 Å². The lowest BCUT2D eigenvalue weighted by Gasteiger charge is -2.35. The van der Waals surface area contributed by atoms with Gasteiger partial charge in [-0.25, -0.2) is 4.79 Å². The molecule has 3 aromatic carbocycles. The minimum atomic E-state index is -1.31. The maximum Gasteiger partial charge on any atom is 0.335 e. The van der Waals surface area contributed by atoms with Crippen LogP contribution in [0.2, 0.25) is 0 Å². The minimum absolute atomic E-state index is 0.00535. The van der Waals surface area contributed by atoms with Crippen LogP contribution in [0.15, 0.2) is 84.9 Å². The number of rotatable bonds is 19. The number of carbonyl (C=O) groups excluding carboxylic acids is 7. The molecule has 60 heavy (non-hydrogen) atoms. The summed E-state index contributed by atoms with van der Waals surface area (Å²) in [6.07, 6.45) is 3.79. The number of hydrogen-bond donors (Lipinski definition) is 6. The van der Waals surface area contributed by atoms with Crippen molar-refractivity contribution in [2.75, 3.05) is 13.1 Å². The Morgan fingerprint density at radius 2 is 1.50 bits per heavy atom. The molecule has 2 aliphatic rings. The quantitative estimate of drug-likeness (QED) is 0.0966. The van der Waals surface area contributed by atoms with E-state index < -0.39 is 84.0 Å². The number of primary amides is 1. The Morgan fingerprint density at radius 1 is 0.833 bits per heavy atom. The fourth-order valence-electron chi connectivity index (χ4n) is 7.65. The van der Waals surface area contributed by atoms with Gasteiger partial charge in [-0.15, -0.1) is 0 Å². The van der Waals surface area contributed by atoms with Crippen LogP contribution in [0.1, 0.15) is 96.2 Å². The van der Waals surface area contributed by atoms with Crippen molar-refractivity contribution in [2.24, 2.45) is 11.7 Å². The summed E-state index contributed by atoms with van der Waals surface area (Å²) in [5, 5.41) is 19.7. The van der Waals surface area contributed by atoms with Gasteiger partial charge in [0.25, 0.3) is 11.8 Å². The molecule has 1 aliphatic heterocycles. The average molecular weight is 825 g/mol. The van der Waals surface area contributed by atoms with Gasteiger partial charge >= 0.3 is 5.97 Å². The van der Waals surface area contributed by atoms with Crippen LogP contribution in [-0.2, 0) is 40.1 Å². The average Bonchev–Trinajstić information content (AvgIpc) is 3.70. The Kier molecular flexibility index (Phi) is 16.0. The molecule has 318 valence electrons. The first-order valence-electron chi connectivity index (χ1n) is 20.2. The molecular weight excluding hydrogens is 773 g/mol. The predicted molar refractivity (Wildman–Crippen MR) is 218 cm³/mol. The molecule has 3 aromatic rings. The molecule has 0 spiro atoms. The molecule has 16 nitrogen and oxygen atoms in total. The van der Waals surface area contributed by atoms with Crippen molar-refractivity contribution in [1.82, 2.24) is 26.2 Å². The zero-order chi connectivity index (χ0) is 43.2. The maximum atomic E-state index is 14.7. The lowest BCUT2D eigenvalue weighted by molar-refractivity contribution is -0.143. The number of carboxylic acid groups (broad SMARTS) is 1. The normalized spacial score (nSPS) is 18.0. The summed E-state index contributed by atoms with van der Waals surface area (Å²) in [6, 6.07) is 18.4. The van der Waals surface area contributed by atoms with Gasteiger partial charge in [0.1, 0.15) is 18.1 Å². The highest BCUT2D eigenvalue weighted by Crippen LogP contribution is 2.31. The Bertz CT molecular complexity index is 2020. The molecule has 5 rings (SSSR count). The lowest BCUT2D eigenvalue weighted by atomic mass is 9.83. The van der Waals surface area contributed by atoms with Crippen molar-refractivity contribution in [3.63, 3.8) is 0 Å². The van der Waals surface area contributed by atoms with Crippen LogP contribution in [0.4, 0.5) is 0 Å². The lowest BCUT2D eigenvalue weighted by Crippen LogP contribution is -2.58. The van der Waals surface area contributed by atoms with Crippen LogP contribution < -0.4 is 27.0 Å². The predicted octanol–water partition coefficient (Wildman–Crippen LogP) is 2.56. The van der Waals surface area contributed by atoms with Gasteiger partial charge in [-0.2, -0.15) is 0 Å².